The Morgan fingerprint density at radius 3 is 2.77 bits per heavy atom. The molecule has 1 atom stereocenters. The van der Waals surface area contributed by atoms with Crippen LogP contribution in [0, 0.1) is 11.6 Å². The molecule has 0 spiro atoms. The van der Waals surface area contributed by atoms with Crippen molar-refractivity contribution in [2.75, 3.05) is 29.0 Å². The first-order chi connectivity index (χ1) is 14.8. The molecular weight excluding hydrogens is 424 g/mol. The Morgan fingerprint density at radius 2 is 2.03 bits per heavy atom. The van der Waals surface area contributed by atoms with E-state index in [-0.39, 0.29) is 27.3 Å². The van der Waals surface area contributed by atoms with Gasteiger partial charge in [-0.05, 0) is 25.0 Å². The van der Waals surface area contributed by atoms with Gasteiger partial charge in [-0.2, -0.15) is 5.10 Å². The van der Waals surface area contributed by atoms with Crippen molar-refractivity contribution in [1.82, 2.24) is 14.8 Å². The van der Waals surface area contributed by atoms with Crippen LogP contribution in [0.3, 0.4) is 0 Å². The minimum Gasteiger partial charge on any atom is -0.389 e. The van der Waals surface area contributed by atoms with Gasteiger partial charge in [0.2, 0.25) is 0 Å². The van der Waals surface area contributed by atoms with Gasteiger partial charge in [0.05, 0.1) is 11.8 Å². The molecule has 0 unspecified atom stereocenters. The first-order valence-corrected chi connectivity index (χ1v) is 10.7. The predicted molar refractivity (Wildman–Crippen MR) is 117 cm³/mol. The maximum absolute atomic E-state index is 14.1. The minimum absolute atomic E-state index is 0.00292. The standard InChI is InChI=1S/C20H23F2N7OS/c1-28-20(29-8-3-2-5-11(23)10-29)14(9-25-28)26-18(30)16-17(24)31-19(27-16)15-12(21)6-4-7-13(15)22/h4,6-7,9,11H,2-3,5,8,10,23-24H2,1H3,(H,26,30)/t11-/m1/s1. The molecule has 1 aliphatic rings. The van der Waals surface area contributed by atoms with Crippen LogP contribution in [0.15, 0.2) is 24.4 Å². The van der Waals surface area contributed by atoms with Gasteiger partial charge in [0.25, 0.3) is 5.91 Å². The van der Waals surface area contributed by atoms with Gasteiger partial charge in [-0.1, -0.05) is 23.8 Å². The van der Waals surface area contributed by atoms with Crippen LogP contribution in [-0.4, -0.2) is 39.8 Å². The number of nitrogens with two attached hydrogens (primary N) is 2. The van der Waals surface area contributed by atoms with E-state index in [1.165, 1.54) is 6.07 Å². The van der Waals surface area contributed by atoms with Gasteiger partial charge in [-0.3, -0.25) is 9.48 Å². The second-order valence-electron chi connectivity index (χ2n) is 7.49. The molecule has 1 fully saturated rings. The number of aryl methyl sites for hydroxylation is 1. The van der Waals surface area contributed by atoms with Crippen LogP contribution >= 0.6 is 11.3 Å². The monoisotopic (exact) mass is 447 g/mol. The fraction of sp³-hybridized carbons (Fsp3) is 0.350. The highest BCUT2D eigenvalue weighted by atomic mass is 32.1. The lowest BCUT2D eigenvalue weighted by Gasteiger charge is -2.25. The van der Waals surface area contributed by atoms with Crippen molar-refractivity contribution in [1.29, 1.82) is 0 Å². The molecule has 11 heteroatoms. The number of carbonyl (C=O) groups excluding carboxylic acids is 1. The smallest absolute Gasteiger partial charge is 0.277 e. The van der Waals surface area contributed by atoms with Crippen molar-refractivity contribution in [3.8, 4) is 10.6 Å². The number of benzene rings is 1. The van der Waals surface area contributed by atoms with Gasteiger partial charge >= 0.3 is 0 Å². The third-order valence-corrected chi connectivity index (χ3v) is 6.11. The topological polar surface area (TPSA) is 115 Å². The van der Waals surface area contributed by atoms with Gasteiger partial charge < -0.3 is 21.7 Å². The highest BCUT2D eigenvalue weighted by Gasteiger charge is 2.25. The Kier molecular flexibility index (Phi) is 5.88. The summed E-state index contributed by atoms with van der Waals surface area (Å²) in [7, 11) is 1.79. The predicted octanol–water partition coefficient (Wildman–Crippen LogP) is 2.97. The van der Waals surface area contributed by atoms with E-state index in [1.54, 1.807) is 17.9 Å². The van der Waals surface area contributed by atoms with Crippen LogP contribution < -0.4 is 21.7 Å². The molecule has 3 aromatic rings. The number of amides is 1. The van der Waals surface area contributed by atoms with Crippen LogP contribution in [0.1, 0.15) is 29.8 Å². The molecule has 3 heterocycles. The third-order valence-electron chi connectivity index (χ3n) is 5.21. The number of nitrogens with zero attached hydrogens (tertiary/aromatic N) is 4. The van der Waals surface area contributed by atoms with Gasteiger partial charge in [-0.15, -0.1) is 0 Å². The zero-order valence-corrected chi connectivity index (χ0v) is 17.8. The first kappa shape index (κ1) is 21.2. The van der Waals surface area contributed by atoms with Crippen LogP contribution in [0.5, 0.6) is 0 Å². The lowest BCUT2D eigenvalue weighted by Crippen LogP contribution is -2.37. The largest absolute Gasteiger partial charge is 0.389 e. The number of hydrogen-bond donors (Lipinski definition) is 3. The number of nitrogens with one attached hydrogen (secondary N) is 1. The summed E-state index contributed by atoms with van der Waals surface area (Å²) in [4.78, 5) is 19.1. The minimum atomic E-state index is -0.771. The molecule has 8 nitrogen and oxygen atoms in total. The highest BCUT2D eigenvalue weighted by Crippen LogP contribution is 2.34. The molecular formula is C20H23F2N7OS. The number of hydrogen-bond acceptors (Lipinski definition) is 7. The van der Waals surface area contributed by atoms with Crippen molar-refractivity contribution >= 4 is 33.8 Å². The van der Waals surface area contributed by atoms with E-state index in [0.717, 1.165) is 55.1 Å². The second-order valence-corrected chi connectivity index (χ2v) is 8.52. The average Bonchev–Trinajstić information content (AvgIpc) is 3.18. The second kappa shape index (κ2) is 8.60. The van der Waals surface area contributed by atoms with E-state index in [0.29, 0.717) is 12.2 Å². The third kappa shape index (κ3) is 4.23. The van der Waals surface area contributed by atoms with Crippen molar-refractivity contribution in [3.63, 3.8) is 0 Å². The molecule has 1 aliphatic heterocycles. The Hall–Kier alpha value is -3.05. The lowest BCUT2D eigenvalue weighted by molar-refractivity contribution is 0.102. The quantitative estimate of drug-likeness (QED) is 0.566. The molecule has 1 amide bonds. The summed E-state index contributed by atoms with van der Waals surface area (Å²) in [6, 6.07) is 3.55. The number of aromatic nitrogens is 3. The van der Waals surface area contributed by atoms with Crippen molar-refractivity contribution in [2.24, 2.45) is 12.8 Å². The number of rotatable bonds is 4. The molecule has 1 saturated heterocycles. The Balaban J connectivity index is 1.61. The first-order valence-electron chi connectivity index (χ1n) is 9.89. The summed E-state index contributed by atoms with van der Waals surface area (Å²) in [5, 5.41) is 7.12. The molecule has 0 bridgehead atoms. The summed E-state index contributed by atoms with van der Waals surface area (Å²) in [6.45, 7) is 1.45. The fourth-order valence-corrected chi connectivity index (χ4v) is 4.62. The number of nitrogen functional groups attached to an aromatic ring is 1. The zero-order valence-electron chi connectivity index (χ0n) is 16.9. The Labute approximate surface area is 181 Å². The summed E-state index contributed by atoms with van der Waals surface area (Å²) >= 11 is 0.853. The normalized spacial score (nSPS) is 16.9. The SMILES string of the molecule is Cn1ncc(NC(=O)c2nc(-c3c(F)cccc3F)sc2N)c1N1CCCC[C@@H](N)C1. The van der Waals surface area contributed by atoms with Crippen LogP contribution in [0.25, 0.3) is 10.6 Å². The summed E-state index contributed by atoms with van der Waals surface area (Å²) < 4.78 is 29.9. The van der Waals surface area contributed by atoms with E-state index in [1.807, 2.05) is 0 Å². The molecule has 4 rings (SSSR count). The van der Waals surface area contributed by atoms with Crippen LogP contribution in [0.4, 0.5) is 25.3 Å². The number of anilines is 3. The zero-order chi connectivity index (χ0) is 22.1. The summed E-state index contributed by atoms with van der Waals surface area (Å²) in [5.74, 6) is -1.38. The maximum Gasteiger partial charge on any atom is 0.277 e. The van der Waals surface area contributed by atoms with E-state index < -0.39 is 17.5 Å². The molecule has 0 aliphatic carbocycles. The van der Waals surface area contributed by atoms with Gasteiger partial charge in [-0.25, -0.2) is 13.8 Å². The lowest BCUT2D eigenvalue weighted by atomic mass is 10.2. The highest BCUT2D eigenvalue weighted by molar-refractivity contribution is 7.19. The molecule has 2 aromatic heterocycles. The molecule has 164 valence electrons. The number of thiazole rings is 1. The number of halogens is 2. The molecule has 31 heavy (non-hydrogen) atoms. The van der Waals surface area contributed by atoms with Crippen molar-refractivity contribution in [3.05, 3.63) is 41.7 Å². The fourth-order valence-electron chi connectivity index (χ4n) is 3.75. The molecule has 5 N–H and O–H groups in total. The molecule has 0 saturated carbocycles. The Morgan fingerprint density at radius 1 is 1.29 bits per heavy atom. The van der Waals surface area contributed by atoms with Crippen molar-refractivity contribution < 1.29 is 13.6 Å². The average molecular weight is 448 g/mol. The van der Waals surface area contributed by atoms with Crippen LogP contribution in [0.2, 0.25) is 0 Å². The number of carbonyl (C=O) groups is 1. The van der Waals surface area contributed by atoms with Crippen LogP contribution in [-0.2, 0) is 7.05 Å². The van der Waals surface area contributed by atoms with E-state index in [4.69, 9.17) is 11.5 Å². The Bertz CT molecular complexity index is 1090. The molecule has 0 radical (unpaired) electrons. The summed E-state index contributed by atoms with van der Waals surface area (Å²) in [6.07, 6.45) is 4.52. The summed E-state index contributed by atoms with van der Waals surface area (Å²) in [5.41, 5.74) is 12.2. The maximum atomic E-state index is 14.1. The van der Waals surface area contributed by atoms with E-state index in [9.17, 15) is 13.6 Å². The van der Waals surface area contributed by atoms with E-state index >= 15 is 0 Å². The molecule has 1 aromatic carbocycles. The van der Waals surface area contributed by atoms with Gasteiger partial charge in [0.1, 0.15) is 27.3 Å². The van der Waals surface area contributed by atoms with Gasteiger partial charge in [0.15, 0.2) is 11.5 Å². The van der Waals surface area contributed by atoms with Crippen molar-refractivity contribution in [2.45, 2.75) is 25.3 Å². The van der Waals surface area contributed by atoms with E-state index in [2.05, 4.69) is 20.3 Å². The van der Waals surface area contributed by atoms with Gasteiger partial charge in [0, 0.05) is 26.2 Å².